The van der Waals surface area contributed by atoms with Crippen LogP contribution in [0.1, 0.15) is 33.9 Å². The SMILES string of the molecule is O=C(NCCCC(=O)c1nc(-c2cccs2)no1)c1cccnc1. The van der Waals surface area contributed by atoms with Gasteiger partial charge in [0.05, 0.1) is 10.4 Å². The van der Waals surface area contributed by atoms with Crippen molar-refractivity contribution in [2.75, 3.05) is 6.54 Å². The molecule has 0 aliphatic carbocycles. The number of nitrogens with zero attached hydrogens (tertiary/aromatic N) is 3. The van der Waals surface area contributed by atoms with E-state index in [4.69, 9.17) is 4.52 Å². The molecule has 1 amide bonds. The van der Waals surface area contributed by atoms with E-state index >= 15 is 0 Å². The summed E-state index contributed by atoms with van der Waals surface area (Å²) >= 11 is 1.47. The largest absolute Gasteiger partial charge is 0.352 e. The quantitative estimate of drug-likeness (QED) is 0.523. The van der Waals surface area contributed by atoms with Gasteiger partial charge >= 0.3 is 0 Å². The third-order valence-electron chi connectivity index (χ3n) is 3.20. The Morgan fingerprint density at radius 1 is 1.25 bits per heavy atom. The maximum absolute atomic E-state index is 12.0. The van der Waals surface area contributed by atoms with Crippen LogP contribution in [0.15, 0.2) is 46.6 Å². The Bertz CT molecular complexity index is 815. The van der Waals surface area contributed by atoms with Crippen LogP contribution in [-0.2, 0) is 0 Å². The molecule has 3 heterocycles. The van der Waals surface area contributed by atoms with Crippen molar-refractivity contribution in [3.05, 3.63) is 53.5 Å². The molecule has 0 spiro atoms. The van der Waals surface area contributed by atoms with E-state index in [0.29, 0.717) is 24.4 Å². The van der Waals surface area contributed by atoms with Gasteiger partial charge in [-0.15, -0.1) is 11.3 Å². The summed E-state index contributed by atoms with van der Waals surface area (Å²) in [6, 6.07) is 7.11. The van der Waals surface area contributed by atoms with Crippen molar-refractivity contribution in [2.24, 2.45) is 0 Å². The lowest BCUT2D eigenvalue weighted by Gasteiger charge is -2.03. The number of hydrogen-bond acceptors (Lipinski definition) is 7. The number of thiophene rings is 1. The number of amides is 1. The molecule has 0 bridgehead atoms. The predicted octanol–water partition coefficient (Wildman–Crippen LogP) is 2.59. The average molecular weight is 342 g/mol. The van der Waals surface area contributed by atoms with Crippen LogP contribution in [0.4, 0.5) is 0 Å². The zero-order valence-electron chi connectivity index (χ0n) is 12.6. The Morgan fingerprint density at radius 2 is 2.17 bits per heavy atom. The molecule has 0 aromatic carbocycles. The van der Waals surface area contributed by atoms with E-state index in [9.17, 15) is 9.59 Å². The highest BCUT2D eigenvalue weighted by Crippen LogP contribution is 2.21. The molecule has 3 aromatic heterocycles. The van der Waals surface area contributed by atoms with Crippen molar-refractivity contribution < 1.29 is 14.1 Å². The van der Waals surface area contributed by atoms with Gasteiger partial charge in [0.1, 0.15) is 0 Å². The second kappa shape index (κ2) is 7.60. The standard InChI is InChI=1S/C16H14N4O3S/c21-12(16-19-14(20-23-16)13-6-3-9-24-13)5-2-8-18-15(22)11-4-1-7-17-10-11/h1,3-4,6-7,9-10H,2,5,8H2,(H,18,22). The Labute approximate surface area is 141 Å². The lowest BCUT2D eigenvalue weighted by molar-refractivity contribution is 0.0918. The van der Waals surface area contributed by atoms with E-state index in [-0.39, 0.29) is 24.0 Å². The van der Waals surface area contributed by atoms with Crippen molar-refractivity contribution in [1.29, 1.82) is 0 Å². The molecule has 0 aliphatic heterocycles. The van der Waals surface area contributed by atoms with Crippen LogP contribution in [0.2, 0.25) is 0 Å². The number of carbonyl (C=O) groups excluding carboxylic acids is 2. The van der Waals surface area contributed by atoms with E-state index in [1.807, 2.05) is 17.5 Å². The van der Waals surface area contributed by atoms with Crippen LogP contribution in [0.3, 0.4) is 0 Å². The second-order valence-electron chi connectivity index (χ2n) is 4.92. The maximum atomic E-state index is 12.0. The van der Waals surface area contributed by atoms with Gasteiger partial charge in [-0.2, -0.15) is 4.98 Å². The Kier molecular flexibility index (Phi) is 5.07. The summed E-state index contributed by atoms with van der Waals surface area (Å²) in [5.74, 6) is -0.0375. The first-order valence-electron chi connectivity index (χ1n) is 7.33. The molecule has 0 radical (unpaired) electrons. The van der Waals surface area contributed by atoms with Crippen LogP contribution in [0.5, 0.6) is 0 Å². The predicted molar refractivity (Wildman–Crippen MR) is 87.7 cm³/mol. The highest BCUT2D eigenvalue weighted by atomic mass is 32.1. The summed E-state index contributed by atoms with van der Waals surface area (Å²) in [5.41, 5.74) is 0.487. The zero-order chi connectivity index (χ0) is 16.8. The molecular weight excluding hydrogens is 328 g/mol. The van der Waals surface area contributed by atoms with E-state index in [1.54, 1.807) is 18.3 Å². The zero-order valence-corrected chi connectivity index (χ0v) is 13.5. The first-order chi connectivity index (χ1) is 11.7. The van der Waals surface area contributed by atoms with Gasteiger partial charge in [-0.05, 0) is 30.0 Å². The van der Waals surface area contributed by atoms with Crippen LogP contribution < -0.4 is 5.32 Å². The van der Waals surface area contributed by atoms with E-state index in [1.165, 1.54) is 17.5 Å². The fourth-order valence-corrected chi connectivity index (χ4v) is 2.65. The Morgan fingerprint density at radius 3 is 2.92 bits per heavy atom. The number of nitrogens with one attached hydrogen (secondary N) is 1. The normalized spacial score (nSPS) is 10.5. The van der Waals surface area contributed by atoms with Crippen LogP contribution >= 0.6 is 11.3 Å². The molecule has 0 atom stereocenters. The molecule has 0 unspecified atom stereocenters. The molecule has 0 aliphatic rings. The number of rotatable bonds is 7. The summed E-state index contributed by atoms with van der Waals surface area (Å²) in [5, 5.41) is 8.44. The molecule has 24 heavy (non-hydrogen) atoms. The van der Waals surface area contributed by atoms with Crippen molar-refractivity contribution in [3.8, 4) is 10.7 Å². The number of Topliss-reactive ketones (excluding diaryl/α,β-unsaturated/α-hetero) is 1. The molecular formula is C16H14N4O3S. The lowest BCUT2D eigenvalue weighted by Crippen LogP contribution is -2.24. The molecule has 0 fully saturated rings. The van der Waals surface area contributed by atoms with E-state index in [2.05, 4.69) is 20.4 Å². The Balaban J connectivity index is 1.45. The van der Waals surface area contributed by atoms with Gasteiger partial charge in [-0.25, -0.2) is 0 Å². The fraction of sp³-hybridized carbons (Fsp3) is 0.188. The Hall–Kier alpha value is -2.87. The summed E-state index contributed by atoms with van der Waals surface area (Å²) in [6.07, 6.45) is 3.80. The number of aromatic nitrogens is 3. The van der Waals surface area contributed by atoms with Crippen LogP contribution in [-0.4, -0.2) is 33.4 Å². The van der Waals surface area contributed by atoms with Gasteiger partial charge in [0.15, 0.2) is 0 Å². The first kappa shape index (κ1) is 16.0. The molecule has 3 rings (SSSR count). The number of carbonyl (C=O) groups is 2. The van der Waals surface area contributed by atoms with Crippen LogP contribution in [0, 0.1) is 0 Å². The molecule has 122 valence electrons. The van der Waals surface area contributed by atoms with E-state index < -0.39 is 0 Å². The average Bonchev–Trinajstić information content (AvgIpc) is 3.30. The topological polar surface area (TPSA) is 98.0 Å². The third kappa shape index (κ3) is 3.90. The number of pyridine rings is 1. The molecule has 8 heteroatoms. The smallest absolute Gasteiger partial charge is 0.294 e. The highest BCUT2D eigenvalue weighted by Gasteiger charge is 2.16. The minimum atomic E-state index is -0.235. The minimum absolute atomic E-state index is 0.00279. The summed E-state index contributed by atoms with van der Waals surface area (Å²) < 4.78 is 5.00. The molecule has 1 N–H and O–H groups in total. The van der Waals surface area contributed by atoms with Gasteiger partial charge in [-0.3, -0.25) is 14.6 Å². The fourth-order valence-electron chi connectivity index (χ4n) is 2.00. The summed E-state index contributed by atoms with van der Waals surface area (Å²) in [4.78, 5) is 32.7. The van der Waals surface area contributed by atoms with Crippen molar-refractivity contribution in [1.82, 2.24) is 20.4 Å². The van der Waals surface area contributed by atoms with Gasteiger partial charge in [-0.1, -0.05) is 11.2 Å². The highest BCUT2D eigenvalue weighted by molar-refractivity contribution is 7.13. The number of hydrogen-bond donors (Lipinski definition) is 1. The van der Waals surface area contributed by atoms with Gasteiger partial charge in [0.2, 0.25) is 11.6 Å². The molecule has 0 saturated carbocycles. The third-order valence-corrected chi connectivity index (χ3v) is 4.06. The van der Waals surface area contributed by atoms with Crippen molar-refractivity contribution >= 4 is 23.0 Å². The maximum Gasteiger partial charge on any atom is 0.294 e. The van der Waals surface area contributed by atoms with Crippen molar-refractivity contribution in [3.63, 3.8) is 0 Å². The summed E-state index contributed by atoms with van der Waals surface area (Å²) in [6.45, 7) is 0.380. The lowest BCUT2D eigenvalue weighted by atomic mass is 10.2. The minimum Gasteiger partial charge on any atom is -0.352 e. The second-order valence-corrected chi connectivity index (χ2v) is 5.87. The van der Waals surface area contributed by atoms with Crippen molar-refractivity contribution in [2.45, 2.75) is 12.8 Å². The van der Waals surface area contributed by atoms with Crippen LogP contribution in [0.25, 0.3) is 10.7 Å². The summed E-state index contributed by atoms with van der Waals surface area (Å²) in [7, 11) is 0. The van der Waals surface area contributed by atoms with Gasteiger partial charge in [0, 0.05) is 25.4 Å². The molecule has 0 saturated heterocycles. The van der Waals surface area contributed by atoms with E-state index in [0.717, 1.165) is 4.88 Å². The number of ketones is 1. The molecule has 7 nitrogen and oxygen atoms in total. The molecule has 3 aromatic rings. The first-order valence-corrected chi connectivity index (χ1v) is 8.21. The van der Waals surface area contributed by atoms with Gasteiger partial charge in [0.25, 0.3) is 11.8 Å². The van der Waals surface area contributed by atoms with Gasteiger partial charge < -0.3 is 9.84 Å². The monoisotopic (exact) mass is 342 g/mol.